The van der Waals surface area contributed by atoms with Crippen LogP contribution in [-0.4, -0.2) is 43.5 Å². The Morgan fingerprint density at radius 1 is 1.37 bits per heavy atom. The van der Waals surface area contributed by atoms with Crippen molar-refractivity contribution in [3.8, 4) is 0 Å². The Hall–Kier alpha value is -0.810. The van der Waals surface area contributed by atoms with E-state index in [1.54, 1.807) is 0 Å². The van der Waals surface area contributed by atoms with Gasteiger partial charge in [-0.3, -0.25) is 0 Å². The van der Waals surface area contributed by atoms with Gasteiger partial charge in [-0.1, -0.05) is 0 Å². The Balaban J connectivity index is 1.72. The molecule has 0 spiro atoms. The molecule has 2 fully saturated rings. The van der Waals surface area contributed by atoms with Crippen LogP contribution in [0.1, 0.15) is 40.0 Å². The van der Waals surface area contributed by atoms with E-state index in [0.29, 0.717) is 24.5 Å². The molecule has 2 N–H and O–H groups in total. The fourth-order valence-corrected chi connectivity index (χ4v) is 2.34. The van der Waals surface area contributed by atoms with Crippen LogP contribution >= 0.6 is 0 Å². The van der Waals surface area contributed by atoms with Crippen LogP contribution < -0.4 is 10.6 Å². The smallest absolute Gasteiger partial charge is 0.407 e. The molecule has 0 radical (unpaired) electrons. The van der Waals surface area contributed by atoms with Crippen LogP contribution in [0.4, 0.5) is 4.79 Å². The minimum atomic E-state index is -0.439. The summed E-state index contributed by atoms with van der Waals surface area (Å²) in [6.45, 7) is 7.89. The lowest BCUT2D eigenvalue weighted by Crippen LogP contribution is -2.47. The first-order valence-corrected chi connectivity index (χ1v) is 7.25. The highest BCUT2D eigenvalue weighted by molar-refractivity contribution is 5.67. The van der Waals surface area contributed by atoms with Crippen LogP contribution in [0.25, 0.3) is 0 Å². The molecule has 1 saturated heterocycles. The molecule has 1 heterocycles. The van der Waals surface area contributed by atoms with E-state index in [4.69, 9.17) is 9.47 Å². The van der Waals surface area contributed by atoms with Crippen molar-refractivity contribution in [2.75, 3.05) is 19.8 Å². The molecule has 1 saturated carbocycles. The fraction of sp³-hybridized carbons (Fsp3) is 0.929. The topological polar surface area (TPSA) is 59.6 Å². The quantitative estimate of drug-likeness (QED) is 0.798. The molecule has 0 aromatic carbocycles. The number of hydrogen-bond acceptors (Lipinski definition) is 4. The second kappa shape index (κ2) is 6.09. The standard InChI is InChI=1S/C14H26N2O3/c1-14(2,3)19-13(17)15-8-12(10-4-5-10)16-11-6-7-18-9-11/h10-12,16H,4-9H2,1-3H3,(H,15,17)/t11-,12-/m1/s1. The van der Waals surface area contributed by atoms with E-state index in [1.807, 2.05) is 20.8 Å². The summed E-state index contributed by atoms with van der Waals surface area (Å²) < 4.78 is 10.6. The summed E-state index contributed by atoms with van der Waals surface area (Å²) in [6, 6.07) is 0.783. The number of nitrogens with one attached hydrogen (secondary N) is 2. The van der Waals surface area contributed by atoms with Gasteiger partial charge in [0.2, 0.25) is 0 Å². The SMILES string of the molecule is CC(C)(C)OC(=O)NC[C@@H](N[C@@H]1CCOC1)C1CC1. The van der Waals surface area contributed by atoms with Gasteiger partial charge in [0.1, 0.15) is 5.60 Å². The van der Waals surface area contributed by atoms with Crippen LogP contribution in [0.5, 0.6) is 0 Å². The summed E-state index contributed by atoms with van der Waals surface area (Å²) in [5.41, 5.74) is -0.439. The second-order valence-electron chi connectivity index (χ2n) is 6.55. The molecule has 2 aliphatic rings. The lowest BCUT2D eigenvalue weighted by molar-refractivity contribution is 0.0520. The number of ether oxygens (including phenoxy) is 2. The van der Waals surface area contributed by atoms with Gasteiger partial charge in [-0.25, -0.2) is 4.79 Å². The van der Waals surface area contributed by atoms with Crippen molar-refractivity contribution in [2.45, 2.75) is 57.7 Å². The van der Waals surface area contributed by atoms with Crippen molar-refractivity contribution < 1.29 is 14.3 Å². The van der Waals surface area contributed by atoms with E-state index in [0.717, 1.165) is 19.6 Å². The summed E-state index contributed by atoms with van der Waals surface area (Å²) >= 11 is 0. The lowest BCUT2D eigenvalue weighted by atomic mass is 10.1. The highest BCUT2D eigenvalue weighted by Gasteiger charge is 2.33. The number of hydrogen-bond donors (Lipinski definition) is 2. The van der Waals surface area contributed by atoms with Crippen LogP contribution in [-0.2, 0) is 9.47 Å². The average Bonchev–Trinajstić information content (AvgIpc) is 3.00. The van der Waals surface area contributed by atoms with Gasteiger partial charge in [-0.05, 0) is 46.0 Å². The Kier molecular flexibility index (Phi) is 4.68. The summed E-state index contributed by atoms with van der Waals surface area (Å²) in [4.78, 5) is 11.7. The van der Waals surface area contributed by atoms with Gasteiger partial charge in [-0.15, -0.1) is 0 Å². The number of amides is 1. The zero-order chi connectivity index (χ0) is 13.9. The van der Waals surface area contributed by atoms with Gasteiger partial charge < -0.3 is 20.1 Å². The average molecular weight is 270 g/mol. The summed E-state index contributed by atoms with van der Waals surface area (Å²) in [5, 5.41) is 6.47. The number of carbonyl (C=O) groups excluding carboxylic acids is 1. The predicted octanol–water partition coefficient (Wildman–Crippen LogP) is 1.67. The van der Waals surface area contributed by atoms with E-state index in [9.17, 15) is 4.79 Å². The normalized spacial score (nSPS) is 25.1. The molecule has 0 unspecified atom stereocenters. The van der Waals surface area contributed by atoms with E-state index in [2.05, 4.69) is 10.6 Å². The van der Waals surface area contributed by atoms with Gasteiger partial charge in [0, 0.05) is 25.2 Å². The first-order chi connectivity index (χ1) is 8.94. The van der Waals surface area contributed by atoms with E-state index < -0.39 is 5.60 Å². The van der Waals surface area contributed by atoms with Crippen LogP contribution in [0.3, 0.4) is 0 Å². The fourth-order valence-electron chi connectivity index (χ4n) is 2.34. The van der Waals surface area contributed by atoms with Crippen molar-refractivity contribution in [2.24, 2.45) is 5.92 Å². The van der Waals surface area contributed by atoms with Crippen molar-refractivity contribution >= 4 is 6.09 Å². The first-order valence-electron chi connectivity index (χ1n) is 7.25. The third-order valence-electron chi connectivity index (χ3n) is 3.44. The van der Waals surface area contributed by atoms with Crippen molar-refractivity contribution in [1.29, 1.82) is 0 Å². The molecule has 1 aliphatic carbocycles. The van der Waals surface area contributed by atoms with Gasteiger partial charge in [0.05, 0.1) is 6.61 Å². The molecule has 0 aromatic rings. The van der Waals surface area contributed by atoms with Crippen molar-refractivity contribution in [1.82, 2.24) is 10.6 Å². The Morgan fingerprint density at radius 2 is 2.11 bits per heavy atom. The molecule has 5 heteroatoms. The summed E-state index contributed by atoms with van der Waals surface area (Å²) in [6.07, 6.45) is 3.24. The third kappa shape index (κ3) is 5.37. The van der Waals surface area contributed by atoms with Crippen LogP contribution in [0.2, 0.25) is 0 Å². The number of alkyl carbamates (subject to hydrolysis) is 1. The highest BCUT2D eigenvalue weighted by atomic mass is 16.6. The lowest BCUT2D eigenvalue weighted by Gasteiger charge is -2.24. The molecule has 1 amide bonds. The molecule has 0 bridgehead atoms. The summed E-state index contributed by atoms with van der Waals surface area (Å²) in [7, 11) is 0. The van der Waals surface area contributed by atoms with Gasteiger partial charge in [0.25, 0.3) is 0 Å². The minimum absolute atomic E-state index is 0.331. The Bertz CT molecular complexity index is 304. The molecule has 1 aliphatic heterocycles. The maximum Gasteiger partial charge on any atom is 0.407 e. The van der Waals surface area contributed by atoms with E-state index in [-0.39, 0.29) is 6.09 Å². The summed E-state index contributed by atoms with van der Waals surface area (Å²) in [5.74, 6) is 0.690. The van der Waals surface area contributed by atoms with Gasteiger partial charge in [0.15, 0.2) is 0 Å². The largest absolute Gasteiger partial charge is 0.444 e. The minimum Gasteiger partial charge on any atom is -0.444 e. The number of rotatable bonds is 5. The Labute approximate surface area is 115 Å². The van der Waals surface area contributed by atoms with Crippen LogP contribution in [0, 0.1) is 5.92 Å². The van der Waals surface area contributed by atoms with Crippen LogP contribution in [0.15, 0.2) is 0 Å². The second-order valence-corrected chi connectivity index (χ2v) is 6.55. The van der Waals surface area contributed by atoms with Crippen molar-refractivity contribution in [3.05, 3.63) is 0 Å². The van der Waals surface area contributed by atoms with E-state index in [1.165, 1.54) is 12.8 Å². The zero-order valence-electron chi connectivity index (χ0n) is 12.2. The molecule has 5 nitrogen and oxygen atoms in total. The molecule has 110 valence electrons. The molecule has 2 atom stereocenters. The highest BCUT2D eigenvalue weighted by Crippen LogP contribution is 2.33. The van der Waals surface area contributed by atoms with Crippen molar-refractivity contribution in [3.63, 3.8) is 0 Å². The maximum atomic E-state index is 11.7. The molecular weight excluding hydrogens is 244 g/mol. The van der Waals surface area contributed by atoms with E-state index >= 15 is 0 Å². The predicted molar refractivity (Wildman–Crippen MR) is 73.1 cm³/mol. The monoisotopic (exact) mass is 270 g/mol. The molecule has 19 heavy (non-hydrogen) atoms. The number of carbonyl (C=O) groups is 1. The maximum absolute atomic E-state index is 11.7. The Morgan fingerprint density at radius 3 is 2.63 bits per heavy atom. The van der Waals surface area contributed by atoms with Gasteiger partial charge >= 0.3 is 6.09 Å². The first kappa shape index (κ1) is 14.6. The third-order valence-corrected chi connectivity index (χ3v) is 3.44. The molecular formula is C14H26N2O3. The van der Waals surface area contributed by atoms with Gasteiger partial charge in [-0.2, -0.15) is 0 Å². The molecule has 2 rings (SSSR count). The molecule has 0 aromatic heterocycles. The zero-order valence-corrected chi connectivity index (χ0v) is 12.2.